The molecule has 0 saturated carbocycles. The van der Waals surface area contributed by atoms with Gasteiger partial charge < -0.3 is 19.1 Å². The minimum absolute atomic E-state index is 0.0430. The molecule has 0 aromatic heterocycles. The number of hydrogen-bond acceptors (Lipinski definition) is 5. The van der Waals surface area contributed by atoms with E-state index < -0.39 is 5.60 Å². The van der Waals surface area contributed by atoms with E-state index in [0.29, 0.717) is 65.8 Å². The molecule has 2 aliphatic heterocycles. The zero-order valence-corrected chi connectivity index (χ0v) is 17.1. The van der Waals surface area contributed by atoms with Crippen molar-refractivity contribution in [1.29, 1.82) is 0 Å². The molecule has 2 aromatic rings. The van der Waals surface area contributed by atoms with Crippen molar-refractivity contribution < 1.29 is 23.8 Å². The number of likely N-dealkylation sites (tertiary alicyclic amines) is 1. The standard InChI is InChI=1S/C22H22ClNO5/c1-27-15-4-6-20-16(12-15)18(25)13-22(29-20)7-9-24(10-8-22)21(26)17-11-14(23)3-5-19(17)28-2/h3-6,11-12H,7-10,13H2,1-2H3. The summed E-state index contributed by atoms with van der Waals surface area (Å²) in [6, 6.07) is 10.3. The predicted molar refractivity (Wildman–Crippen MR) is 108 cm³/mol. The van der Waals surface area contributed by atoms with Crippen LogP contribution in [0.15, 0.2) is 36.4 Å². The van der Waals surface area contributed by atoms with Crippen LogP contribution in [-0.2, 0) is 0 Å². The molecule has 0 aliphatic carbocycles. The summed E-state index contributed by atoms with van der Waals surface area (Å²) in [6.07, 6.45) is 1.47. The van der Waals surface area contributed by atoms with Crippen molar-refractivity contribution in [2.45, 2.75) is 24.9 Å². The maximum Gasteiger partial charge on any atom is 0.257 e. The van der Waals surface area contributed by atoms with E-state index in [-0.39, 0.29) is 11.7 Å². The van der Waals surface area contributed by atoms with Gasteiger partial charge >= 0.3 is 0 Å². The Kier molecular flexibility index (Phi) is 5.13. The van der Waals surface area contributed by atoms with Crippen LogP contribution in [0.4, 0.5) is 0 Å². The second-order valence-electron chi connectivity index (χ2n) is 7.38. The maximum absolute atomic E-state index is 13.0. The van der Waals surface area contributed by atoms with E-state index in [1.807, 2.05) is 0 Å². The summed E-state index contributed by atoms with van der Waals surface area (Å²) in [5, 5.41) is 0.482. The third-order valence-electron chi connectivity index (χ3n) is 5.65. The summed E-state index contributed by atoms with van der Waals surface area (Å²) < 4.78 is 16.8. The van der Waals surface area contributed by atoms with Crippen molar-refractivity contribution in [3.63, 3.8) is 0 Å². The topological polar surface area (TPSA) is 65.1 Å². The number of carbonyl (C=O) groups is 2. The number of amides is 1. The summed E-state index contributed by atoms with van der Waals surface area (Å²) >= 11 is 6.07. The monoisotopic (exact) mass is 415 g/mol. The Labute approximate surface area is 174 Å². The molecule has 2 aromatic carbocycles. The molecular weight excluding hydrogens is 394 g/mol. The van der Waals surface area contributed by atoms with Gasteiger partial charge in [0.2, 0.25) is 0 Å². The van der Waals surface area contributed by atoms with Gasteiger partial charge in [0.15, 0.2) is 5.78 Å². The quantitative estimate of drug-likeness (QED) is 0.758. The summed E-state index contributed by atoms with van der Waals surface area (Å²) in [6.45, 7) is 0.987. The fraction of sp³-hybridized carbons (Fsp3) is 0.364. The molecule has 0 N–H and O–H groups in total. The van der Waals surface area contributed by atoms with E-state index in [0.717, 1.165) is 0 Å². The Morgan fingerprint density at radius 3 is 2.55 bits per heavy atom. The van der Waals surface area contributed by atoms with Gasteiger partial charge in [-0.25, -0.2) is 0 Å². The van der Waals surface area contributed by atoms with Gasteiger partial charge in [-0.2, -0.15) is 0 Å². The lowest BCUT2D eigenvalue weighted by atomic mass is 9.82. The van der Waals surface area contributed by atoms with Gasteiger partial charge in [-0.1, -0.05) is 11.6 Å². The van der Waals surface area contributed by atoms with Crippen LogP contribution in [0.2, 0.25) is 5.02 Å². The normalized spacial score (nSPS) is 17.5. The Hall–Kier alpha value is -2.73. The zero-order valence-electron chi connectivity index (χ0n) is 16.4. The molecule has 1 spiro atoms. The fourth-order valence-corrected chi connectivity index (χ4v) is 4.19. The lowest BCUT2D eigenvalue weighted by Gasteiger charge is -2.44. The molecular formula is C22H22ClNO5. The number of fused-ring (bicyclic) bond motifs is 1. The number of ether oxygens (including phenoxy) is 3. The van der Waals surface area contributed by atoms with Crippen molar-refractivity contribution in [3.8, 4) is 17.2 Å². The number of rotatable bonds is 3. The zero-order chi connectivity index (χ0) is 20.6. The molecule has 2 aliphatic rings. The first-order valence-electron chi connectivity index (χ1n) is 9.48. The Morgan fingerprint density at radius 2 is 1.86 bits per heavy atom. The van der Waals surface area contributed by atoms with Crippen molar-refractivity contribution in [3.05, 3.63) is 52.5 Å². The van der Waals surface area contributed by atoms with E-state index in [2.05, 4.69) is 0 Å². The number of methoxy groups -OCH3 is 2. The van der Waals surface area contributed by atoms with Crippen molar-refractivity contribution >= 4 is 23.3 Å². The van der Waals surface area contributed by atoms with Gasteiger partial charge in [0.1, 0.15) is 22.8 Å². The van der Waals surface area contributed by atoms with Crippen molar-refractivity contribution in [2.75, 3.05) is 27.3 Å². The molecule has 29 heavy (non-hydrogen) atoms. The minimum atomic E-state index is -0.576. The molecule has 6 nitrogen and oxygen atoms in total. The van der Waals surface area contributed by atoms with Gasteiger partial charge in [-0.3, -0.25) is 9.59 Å². The highest BCUT2D eigenvalue weighted by molar-refractivity contribution is 6.31. The number of benzene rings is 2. The average molecular weight is 416 g/mol. The largest absolute Gasteiger partial charge is 0.497 e. The van der Waals surface area contributed by atoms with Gasteiger partial charge in [0, 0.05) is 31.0 Å². The van der Waals surface area contributed by atoms with Gasteiger partial charge in [0.25, 0.3) is 5.91 Å². The van der Waals surface area contributed by atoms with Crippen LogP contribution >= 0.6 is 11.6 Å². The molecule has 1 fully saturated rings. The highest BCUT2D eigenvalue weighted by Gasteiger charge is 2.44. The van der Waals surface area contributed by atoms with Gasteiger partial charge in [0.05, 0.1) is 31.8 Å². The Morgan fingerprint density at radius 1 is 1.10 bits per heavy atom. The second kappa shape index (κ2) is 7.59. The Bertz CT molecular complexity index is 966. The molecule has 7 heteroatoms. The number of piperidine rings is 1. The first-order chi connectivity index (χ1) is 13.9. The average Bonchev–Trinajstić information content (AvgIpc) is 2.73. The van der Waals surface area contributed by atoms with Crippen LogP contribution in [0.5, 0.6) is 17.2 Å². The molecule has 0 atom stereocenters. The van der Waals surface area contributed by atoms with Crippen LogP contribution in [0, 0.1) is 0 Å². The number of nitrogens with zero attached hydrogens (tertiary/aromatic N) is 1. The highest BCUT2D eigenvalue weighted by Crippen LogP contribution is 2.41. The number of carbonyl (C=O) groups excluding carboxylic acids is 2. The Balaban J connectivity index is 1.50. The first kappa shape index (κ1) is 19.6. The molecule has 0 bridgehead atoms. The summed E-state index contributed by atoms with van der Waals surface area (Å²) in [5.41, 5.74) is 0.416. The molecule has 2 heterocycles. The summed E-state index contributed by atoms with van der Waals surface area (Å²) in [7, 11) is 3.10. The van der Waals surface area contributed by atoms with Crippen LogP contribution in [0.3, 0.4) is 0 Å². The molecule has 0 radical (unpaired) electrons. The second-order valence-corrected chi connectivity index (χ2v) is 7.82. The van der Waals surface area contributed by atoms with Crippen molar-refractivity contribution in [2.24, 2.45) is 0 Å². The highest BCUT2D eigenvalue weighted by atomic mass is 35.5. The lowest BCUT2D eigenvalue weighted by Crippen LogP contribution is -2.52. The SMILES string of the molecule is COc1ccc2c(c1)C(=O)CC1(CCN(C(=O)c3cc(Cl)ccc3OC)CC1)O2. The van der Waals surface area contributed by atoms with E-state index >= 15 is 0 Å². The number of halogens is 1. The minimum Gasteiger partial charge on any atom is -0.497 e. The van der Waals surface area contributed by atoms with Crippen molar-refractivity contribution in [1.82, 2.24) is 4.90 Å². The van der Waals surface area contributed by atoms with E-state index in [1.54, 1.807) is 48.4 Å². The molecule has 152 valence electrons. The number of ketones is 1. The number of Topliss-reactive ketones (excluding diaryl/α,β-unsaturated/α-hetero) is 1. The molecule has 1 amide bonds. The summed E-state index contributed by atoms with van der Waals surface area (Å²) in [5.74, 6) is 1.62. The van der Waals surface area contributed by atoms with Crippen LogP contribution in [0.1, 0.15) is 40.0 Å². The third kappa shape index (κ3) is 3.65. The fourth-order valence-electron chi connectivity index (χ4n) is 4.01. The van der Waals surface area contributed by atoms with E-state index in [9.17, 15) is 9.59 Å². The molecule has 4 rings (SSSR count). The predicted octanol–water partition coefficient (Wildman–Crippen LogP) is 4.00. The van der Waals surface area contributed by atoms with E-state index in [1.165, 1.54) is 7.11 Å². The first-order valence-corrected chi connectivity index (χ1v) is 9.85. The molecule has 0 unspecified atom stereocenters. The maximum atomic E-state index is 13.0. The van der Waals surface area contributed by atoms with Crippen LogP contribution < -0.4 is 14.2 Å². The lowest BCUT2D eigenvalue weighted by molar-refractivity contribution is -0.00581. The van der Waals surface area contributed by atoms with Gasteiger partial charge in [-0.15, -0.1) is 0 Å². The van der Waals surface area contributed by atoms with Gasteiger partial charge in [-0.05, 0) is 36.4 Å². The third-order valence-corrected chi connectivity index (χ3v) is 5.89. The smallest absolute Gasteiger partial charge is 0.257 e. The molecule has 1 saturated heterocycles. The van der Waals surface area contributed by atoms with E-state index in [4.69, 9.17) is 25.8 Å². The van der Waals surface area contributed by atoms with Crippen LogP contribution in [-0.4, -0.2) is 49.5 Å². The summed E-state index contributed by atoms with van der Waals surface area (Å²) in [4.78, 5) is 27.5. The van der Waals surface area contributed by atoms with Crippen LogP contribution in [0.25, 0.3) is 0 Å². The number of hydrogen-bond donors (Lipinski definition) is 0.